The van der Waals surface area contributed by atoms with Crippen LogP contribution in [0.2, 0.25) is 0 Å². The Hall–Kier alpha value is -0.100. The standard InChI is InChI=1S/C8H14O2.C7H12O2.Na.H2O/c1-10-8(9)4-2-3-7-5-6-7;8-7(9)3-1-2-6-4-5-6;;/h7H,2-6H2,1H3;6H,1-5H2,(H,8,9);;1H2/q;;+1;/p-1. The van der Waals surface area contributed by atoms with Crippen LogP contribution in [0.5, 0.6) is 0 Å². The Kier molecular flexibility index (Phi) is 15.0. The number of ether oxygens (including phenoxy) is 1. The normalized spacial score (nSPS) is 15.7. The fourth-order valence-corrected chi connectivity index (χ4v) is 1.99. The van der Waals surface area contributed by atoms with E-state index < -0.39 is 5.97 Å². The van der Waals surface area contributed by atoms with E-state index >= 15 is 0 Å². The molecule has 0 saturated heterocycles. The molecular formula is C15H27NaO5. The van der Waals surface area contributed by atoms with Crippen molar-refractivity contribution in [3.8, 4) is 0 Å². The van der Waals surface area contributed by atoms with E-state index in [1.165, 1.54) is 39.2 Å². The monoisotopic (exact) mass is 310 g/mol. The van der Waals surface area contributed by atoms with Crippen molar-refractivity contribution in [2.45, 2.75) is 64.2 Å². The van der Waals surface area contributed by atoms with E-state index in [9.17, 15) is 9.59 Å². The molecule has 6 heteroatoms. The molecule has 2 N–H and O–H groups in total. The number of aliphatic carboxylic acids is 1. The first kappa shape index (κ1) is 23.2. The predicted octanol–water partition coefficient (Wildman–Crippen LogP) is 0.218. The van der Waals surface area contributed by atoms with Gasteiger partial charge in [0.15, 0.2) is 0 Å². The van der Waals surface area contributed by atoms with Crippen LogP contribution in [0.3, 0.4) is 0 Å². The van der Waals surface area contributed by atoms with Crippen LogP contribution in [0.25, 0.3) is 0 Å². The Morgan fingerprint density at radius 2 is 1.43 bits per heavy atom. The number of carboxylic acids is 1. The quantitative estimate of drug-likeness (QED) is 0.511. The maximum Gasteiger partial charge on any atom is 1.00 e. The van der Waals surface area contributed by atoms with Crippen molar-refractivity contribution >= 4 is 11.9 Å². The molecule has 0 aliphatic heterocycles. The molecule has 0 bridgehead atoms. The minimum Gasteiger partial charge on any atom is -0.870 e. The van der Waals surface area contributed by atoms with E-state index in [1.54, 1.807) is 0 Å². The average molecular weight is 310 g/mol. The van der Waals surface area contributed by atoms with Gasteiger partial charge >= 0.3 is 41.5 Å². The topological polar surface area (TPSA) is 93.6 Å². The summed E-state index contributed by atoms with van der Waals surface area (Å²) in [4.78, 5) is 20.6. The molecule has 5 nitrogen and oxygen atoms in total. The fraction of sp³-hybridized carbons (Fsp3) is 0.867. The van der Waals surface area contributed by atoms with Crippen LogP contribution in [-0.2, 0) is 14.3 Å². The molecule has 2 saturated carbocycles. The molecule has 0 aromatic heterocycles. The summed E-state index contributed by atoms with van der Waals surface area (Å²) in [5, 5.41) is 8.25. The summed E-state index contributed by atoms with van der Waals surface area (Å²) in [7, 11) is 1.44. The average Bonchev–Trinajstić information content (AvgIpc) is 3.23. The number of carboxylic acid groups (broad SMARTS) is 1. The van der Waals surface area contributed by atoms with Gasteiger partial charge in [-0.2, -0.15) is 0 Å². The minimum atomic E-state index is -0.657. The zero-order valence-corrected chi connectivity index (χ0v) is 15.3. The SMILES string of the molecule is COC(=O)CCCC1CC1.O=C(O)CCCC1CC1.[Na+].[OH-]. The second-order valence-electron chi connectivity index (χ2n) is 5.64. The minimum absolute atomic E-state index is 0. The van der Waals surface area contributed by atoms with Crippen LogP contribution in [0.15, 0.2) is 0 Å². The summed E-state index contributed by atoms with van der Waals surface area (Å²) in [6.07, 6.45) is 10.6. The predicted molar refractivity (Wildman–Crippen MR) is 74.7 cm³/mol. The maximum atomic E-state index is 10.6. The van der Waals surface area contributed by atoms with E-state index in [2.05, 4.69) is 4.74 Å². The van der Waals surface area contributed by atoms with Crippen molar-refractivity contribution in [1.82, 2.24) is 0 Å². The first-order chi connectivity index (χ1) is 9.11. The van der Waals surface area contributed by atoms with Gasteiger partial charge in [-0.25, -0.2) is 0 Å². The largest absolute Gasteiger partial charge is 1.00 e. The molecule has 0 radical (unpaired) electrons. The Labute approximate surface area is 149 Å². The van der Waals surface area contributed by atoms with Crippen LogP contribution < -0.4 is 29.6 Å². The molecule has 0 unspecified atom stereocenters. The van der Waals surface area contributed by atoms with Crippen molar-refractivity contribution in [1.29, 1.82) is 0 Å². The van der Waals surface area contributed by atoms with Crippen molar-refractivity contribution < 1.29 is 54.5 Å². The Morgan fingerprint density at radius 1 is 1.00 bits per heavy atom. The van der Waals surface area contributed by atoms with E-state index in [0.717, 1.165) is 31.1 Å². The van der Waals surface area contributed by atoms with Crippen LogP contribution in [0.1, 0.15) is 64.2 Å². The van der Waals surface area contributed by atoms with Crippen molar-refractivity contribution in [3.05, 3.63) is 0 Å². The molecule has 21 heavy (non-hydrogen) atoms. The number of methoxy groups -OCH3 is 1. The summed E-state index contributed by atoms with van der Waals surface area (Å²) < 4.78 is 4.51. The van der Waals surface area contributed by atoms with Crippen molar-refractivity contribution in [3.63, 3.8) is 0 Å². The second kappa shape index (κ2) is 13.6. The van der Waals surface area contributed by atoms with Gasteiger partial charge in [-0.1, -0.05) is 25.7 Å². The van der Waals surface area contributed by atoms with Crippen LogP contribution >= 0.6 is 0 Å². The number of carbonyl (C=O) groups is 2. The molecule has 0 amide bonds. The number of rotatable bonds is 8. The van der Waals surface area contributed by atoms with Crippen molar-refractivity contribution in [2.24, 2.45) is 11.8 Å². The van der Waals surface area contributed by atoms with Gasteiger partial charge in [0.25, 0.3) is 0 Å². The number of hydrogen-bond acceptors (Lipinski definition) is 4. The number of esters is 1. The zero-order valence-electron chi connectivity index (χ0n) is 13.3. The van der Waals surface area contributed by atoms with Gasteiger partial charge in [0.2, 0.25) is 0 Å². The van der Waals surface area contributed by atoms with Crippen LogP contribution in [0, 0.1) is 11.8 Å². The molecule has 2 aliphatic rings. The van der Waals surface area contributed by atoms with Gasteiger partial charge < -0.3 is 15.3 Å². The number of carbonyl (C=O) groups excluding carboxylic acids is 1. The third-order valence-electron chi connectivity index (χ3n) is 3.62. The summed E-state index contributed by atoms with van der Waals surface area (Å²) in [6, 6.07) is 0. The molecule has 0 atom stereocenters. The van der Waals surface area contributed by atoms with Gasteiger partial charge in [0, 0.05) is 12.8 Å². The smallest absolute Gasteiger partial charge is 0.870 e. The number of hydrogen-bond donors (Lipinski definition) is 1. The Balaban J connectivity index is 0. The van der Waals surface area contributed by atoms with Gasteiger partial charge in [0.05, 0.1) is 7.11 Å². The second-order valence-corrected chi connectivity index (χ2v) is 5.64. The van der Waals surface area contributed by atoms with Gasteiger partial charge in [-0.05, 0) is 37.5 Å². The zero-order chi connectivity index (χ0) is 14.1. The van der Waals surface area contributed by atoms with Gasteiger partial charge in [-0.15, -0.1) is 0 Å². The summed E-state index contributed by atoms with van der Waals surface area (Å²) in [5.74, 6) is 1.09. The first-order valence-electron chi connectivity index (χ1n) is 7.40. The first-order valence-corrected chi connectivity index (χ1v) is 7.40. The van der Waals surface area contributed by atoms with Crippen LogP contribution in [-0.4, -0.2) is 29.6 Å². The summed E-state index contributed by atoms with van der Waals surface area (Å²) in [5.41, 5.74) is 0. The van der Waals surface area contributed by atoms with Crippen LogP contribution in [0.4, 0.5) is 0 Å². The van der Waals surface area contributed by atoms with E-state index in [1.807, 2.05) is 0 Å². The van der Waals surface area contributed by atoms with E-state index in [0.29, 0.717) is 12.8 Å². The molecule has 2 aliphatic carbocycles. The molecule has 0 aromatic rings. The third-order valence-corrected chi connectivity index (χ3v) is 3.62. The van der Waals surface area contributed by atoms with Gasteiger partial charge in [0.1, 0.15) is 0 Å². The molecule has 2 rings (SSSR count). The van der Waals surface area contributed by atoms with E-state index in [4.69, 9.17) is 5.11 Å². The van der Waals surface area contributed by atoms with Gasteiger partial charge in [-0.3, -0.25) is 9.59 Å². The van der Waals surface area contributed by atoms with E-state index in [-0.39, 0.29) is 41.0 Å². The Morgan fingerprint density at radius 3 is 1.76 bits per heavy atom. The fourth-order valence-electron chi connectivity index (χ4n) is 1.99. The third kappa shape index (κ3) is 16.1. The Bertz CT molecular complexity index is 288. The summed E-state index contributed by atoms with van der Waals surface area (Å²) in [6.45, 7) is 0. The maximum absolute atomic E-state index is 10.6. The molecule has 0 aromatic carbocycles. The molecule has 0 heterocycles. The van der Waals surface area contributed by atoms with Crippen molar-refractivity contribution in [2.75, 3.05) is 7.11 Å². The molecular weight excluding hydrogens is 283 g/mol. The summed E-state index contributed by atoms with van der Waals surface area (Å²) >= 11 is 0. The molecule has 118 valence electrons. The molecule has 2 fully saturated rings. The molecule has 0 spiro atoms.